The summed E-state index contributed by atoms with van der Waals surface area (Å²) in [6.45, 7) is 6.11. The number of alkyl halides is 1. The maximum atomic E-state index is 6.37. The first-order chi connectivity index (χ1) is 9.99. The Morgan fingerprint density at radius 2 is 1.95 bits per heavy atom. The highest BCUT2D eigenvalue weighted by Gasteiger charge is 2.18. The zero-order valence-corrected chi connectivity index (χ0v) is 14.5. The monoisotopic (exact) mass is 362 g/mol. The lowest BCUT2D eigenvalue weighted by molar-refractivity contribution is 0.880. The van der Waals surface area contributed by atoms with Crippen LogP contribution in [0.3, 0.4) is 0 Å². The van der Waals surface area contributed by atoms with Crippen LogP contribution in [-0.2, 0) is 0 Å². The summed E-state index contributed by atoms with van der Waals surface area (Å²) < 4.78 is 3.19. The Kier molecular flexibility index (Phi) is 3.80. The van der Waals surface area contributed by atoms with Crippen molar-refractivity contribution in [2.45, 2.75) is 26.1 Å². The lowest BCUT2D eigenvalue weighted by Crippen LogP contribution is -2.02. The van der Waals surface area contributed by atoms with Crippen LogP contribution in [0.2, 0.25) is 0 Å². The van der Waals surface area contributed by atoms with Gasteiger partial charge in [-0.15, -0.1) is 11.6 Å². The fourth-order valence-electron chi connectivity index (χ4n) is 2.57. The minimum absolute atomic E-state index is 0.162. The van der Waals surface area contributed by atoms with Gasteiger partial charge in [0, 0.05) is 4.47 Å². The average molecular weight is 364 g/mol. The molecular weight excluding hydrogens is 348 g/mol. The van der Waals surface area contributed by atoms with Gasteiger partial charge in [0.25, 0.3) is 0 Å². The third-order valence-corrected chi connectivity index (χ3v) is 4.44. The molecule has 4 heteroatoms. The molecule has 0 spiro atoms. The molecule has 0 fully saturated rings. The van der Waals surface area contributed by atoms with Crippen molar-refractivity contribution in [3.63, 3.8) is 0 Å². The number of rotatable bonds is 2. The van der Waals surface area contributed by atoms with E-state index >= 15 is 0 Å². The summed E-state index contributed by atoms with van der Waals surface area (Å²) in [5.74, 6) is 0.866. The summed E-state index contributed by atoms with van der Waals surface area (Å²) >= 11 is 10.0. The lowest BCUT2D eigenvalue weighted by atomic mass is 10.2. The molecule has 21 heavy (non-hydrogen) atoms. The molecule has 0 aliphatic heterocycles. The van der Waals surface area contributed by atoms with Crippen LogP contribution in [0.4, 0.5) is 0 Å². The van der Waals surface area contributed by atoms with Crippen LogP contribution >= 0.6 is 27.5 Å². The molecule has 3 rings (SSSR count). The molecule has 3 aromatic rings. The van der Waals surface area contributed by atoms with E-state index in [4.69, 9.17) is 16.6 Å². The zero-order valence-electron chi connectivity index (χ0n) is 12.2. The molecule has 1 aromatic heterocycles. The predicted molar refractivity (Wildman–Crippen MR) is 92.5 cm³/mol. The SMILES string of the molecule is Cc1ccc(-n2c(C(C)Cl)nc3c(C)cccc32)c(Br)c1. The van der Waals surface area contributed by atoms with E-state index in [1.807, 2.05) is 6.92 Å². The number of aryl methyl sites for hydroxylation is 2. The van der Waals surface area contributed by atoms with Gasteiger partial charge >= 0.3 is 0 Å². The fraction of sp³-hybridized carbons (Fsp3) is 0.235. The molecular formula is C17H16BrClN2. The Balaban J connectivity index is 2.39. The van der Waals surface area contributed by atoms with E-state index < -0.39 is 0 Å². The minimum atomic E-state index is -0.162. The number of halogens is 2. The van der Waals surface area contributed by atoms with Crippen molar-refractivity contribution in [1.82, 2.24) is 9.55 Å². The fourth-order valence-corrected chi connectivity index (χ4v) is 3.39. The number of nitrogens with zero attached hydrogens (tertiary/aromatic N) is 2. The molecule has 0 aliphatic carbocycles. The van der Waals surface area contributed by atoms with E-state index in [-0.39, 0.29) is 5.38 Å². The number of hydrogen-bond donors (Lipinski definition) is 0. The molecule has 1 atom stereocenters. The minimum Gasteiger partial charge on any atom is -0.294 e. The van der Waals surface area contributed by atoms with E-state index in [1.165, 1.54) is 5.56 Å². The summed E-state index contributed by atoms with van der Waals surface area (Å²) in [4.78, 5) is 4.76. The Bertz CT molecular complexity index is 821. The predicted octanol–water partition coefficient (Wildman–Crippen LogP) is 5.70. The standard InChI is InChI=1S/C17H16BrClN2/c1-10-7-8-14(13(18)9-10)21-15-6-4-5-11(2)16(15)20-17(21)12(3)19/h4-9,12H,1-3H3. The molecule has 1 unspecified atom stereocenters. The van der Waals surface area contributed by atoms with Crippen LogP contribution in [0.5, 0.6) is 0 Å². The molecule has 1 heterocycles. The molecule has 0 saturated carbocycles. The maximum Gasteiger partial charge on any atom is 0.132 e. The first-order valence-electron chi connectivity index (χ1n) is 6.87. The third-order valence-electron chi connectivity index (χ3n) is 3.61. The summed E-state index contributed by atoms with van der Waals surface area (Å²) in [7, 11) is 0. The van der Waals surface area contributed by atoms with Gasteiger partial charge in [-0.2, -0.15) is 0 Å². The van der Waals surface area contributed by atoms with Gasteiger partial charge in [-0.3, -0.25) is 4.57 Å². The van der Waals surface area contributed by atoms with Crippen molar-refractivity contribution in [3.05, 3.63) is 57.8 Å². The topological polar surface area (TPSA) is 17.8 Å². The van der Waals surface area contributed by atoms with Crippen molar-refractivity contribution >= 4 is 38.6 Å². The van der Waals surface area contributed by atoms with E-state index in [2.05, 4.69) is 70.7 Å². The molecule has 0 bridgehead atoms. The van der Waals surface area contributed by atoms with Gasteiger partial charge < -0.3 is 0 Å². The second kappa shape index (κ2) is 5.47. The van der Waals surface area contributed by atoms with Gasteiger partial charge in [-0.1, -0.05) is 18.2 Å². The van der Waals surface area contributed by atoms with Crippen molar-refractivity contribution in [2.75, 3.05) is 0 Å². The second-order valence-electron chi connectivity index (χ2n) is 5.32. The number of imidazole rings is 1. The highest BCUT2D eigenvalue weighted by atomic mass is 79.9. The molecule has 0 amide bonds. The normalized spacial score (nSPS) is 12.8. The number of para-hydroxylation sites is 1. The second-order valence-corrected chi connectivity index (χ2v) is 6.83. The molecule has 0 aliphatic rings. The van der Waals surface area contributed by atoms with Crippen LogP contribution in [0, 0.1) is 13.8 Å². The van der Waals surface area contributed by atoms with Crippen LogP contribution < -0.4 is 0 Å². The van der Waals surface area contributed by atoms with Gasteiger partial charge in [0.05, 0.1) is 22.1 Å². The first kappa shape index (κ1) is 14.6. The van der Waals surface area contributed by atoms with E-state index in [0.717, 1.165) is 32.6 Å². The van der Waals surface area contributed by atoms with Crippen LogP contribution in [0.25, 0.3) is 16.7 Å². The van der Waals surface area contributed by atoms with Crippen LogP contribution in [-0.4, -0.2) is 9.55 Å². The Morgan fingerprint density at radius 3 is 2.62 bits per heavy atom. The Labute approximate surface area is 137 Å². The molecule has 0 radical (unpaired) electrons. The van der Waals surface area contributed by atoms with Crippen LogP contribution in [0.1, 0.15) is 29.3 Å². The highest BCUT2D eigenvalue weighted by molar-refractivity contribution is 9.10. The summed E-state index contributed by atoms with van der Waals surface area (Å²) in [5.41, 5.74) is 5.53. The van der Waals surface area contributed by atoms with Crippen LogP contribution in [0.15, 0.2) is 40.9 Å². The van der Waals surface area contributed by atoms with Crippen molar-refractivity contribution in [2.24, 2.45) is 0 Å². The maximum absolute atomic E-state index is 6.37. The highest BCUT2D eigenvalue weighted by Crippen LogP contribution is 2.32. The van der Waals surface area contributed by atoms with Gasteiger partial charge in [0.15, 0.2) is 0 Å². The van der Waals surface area contributed by atoms with Gasteiger partial charge in [-0.25, -0.2) is 4.98 Å². The number of hydrogen-bond acceptors (Lipinski definition) is 1. The van der Waals surface area contributed by atoms with E-state index in [9.17, 15) is 0 Å². The van der Waals surface area contributed by atoms with Crippen molar-refractivity contribution < 1.29 is 0 Å². The van der Waals surface area contributed by atoms with Gasteiger partial charge in [-0.05, 0) is 66.0 Å². The molecule has 108 valence electrons. The third kappa shape index (κ3) is 2.49. The van der Waals surface area contributed by atoms with Crippen molar-refractivity contribution in [3.8, 4) is 5.69 Å². The largest absolute Gasteiger partial charge is 0.294 e. The smallest absolute Gasteiger partial charge is 0.132 e. The summed E-state index contributed by atoms with van der Waals surface area (Å²) in [6, 6.07) is 12.5. The first-order valence-corrected chi connectivity index (χ1v) is 8.10. The molecule has 0 saturated heterocycles. The van der Waals surface area contributed by atoms with Gasteiger partial charge in [0.2, 0.25) is 0 Å². The summed E-state index contributed by atoms with van der Waals surface area (Å²) in [6.07, 6.45) is 0. The number of fused-ring (bicyclic) bond motifs is 1. The Morgan fingerprint density at radius 1 is 1.19 bits per heavy atom. The number of benzene rings is 2. The summed E-state index contributed by atoms with van der Waals surface area (Å²) in [5, 5.41) is -0.162. The lowest BCUT2D eigenvalue weighted by Gasteiger charge is -2.13. The quantitative estimate of drug-likeness (QED) is 0.534. The Hall–Kier alpha value is -1.32. The zero-order chi connectivity index (χ0) is 15.1. The van der Waals surface area contributed by atoms with Crippen molar-refractivity contribution in [1.29, 1.82) is 0 Å². The van der Waals surface area contributed by atoms with E-state index in [0.29, 0.717) is 0 Å². The van der Waals surface area contributed by atoms with Gasteiger partial charge in [0.1, 0.15) is 5.82 Å². The molecule has 0 N–H and O–H groups in total. The molecule has 2 nitrogen and oxygen atoms in total. The molecule has 2 aromatic carbocycles. The average Bonchev–Trinajstić information content (AvgIpc) is 2.80. The number of aromatic nitrogens is 2. The van der Waals surface area contributed by atoms with E-state index in [1.54, 1.807) is 0 Å².